The molecule has 0 aliphatic heterocycles. The molecule has 15 heavy (non-hydrogen) atoms. The van der Waals surface area contributed by atoms with Crippen LogP contribution in [0.25, 0.3) is 0 Å². The van der Waals surface area contributed by atoms with Gasteiger partial charge in [0, 0.05) is 7.05 Å². The van der Waals surface area contributed by atoms with Crippen LogP contribution in [0.15, 0.2) is 11.7 Å². The Labute approximate surface area is 95.5 Å². The zero-order valence-electron chi connectivity index (χ0n) is 8.19. The number of aromatic nitrogens is 3. The Balaban J connectivity index is 2.46. The molecule has 2 aromatic heterocycles. The summed E-state index contributed by atoms with van der Waals surface area (Å²) in [6, 6.07) is 0. The van der Waals surface area contributed by atoms with Crippen LogP contribution in [0.4, 0.5) is 0 Å². The first-order chi connectivity index (χ1) is 7.11. The predicted octanol–water partition coefficient (Wildman–Crippen LogP) is 2.07. The van der Waals surface area contributed by atoms with E-state index < -0.39 is 0 Å². The van der Waals surface area contributed by atoms with Crippen molar-refractivity contribution in [1.29, 1.82) is 0 Å². The highest BCUT2D eigenvalue weighted by molar-refractivity contribution is 7.13. The fourth-order valence-electron chi connectivity index (χ4n) is 1.17. The zero-order valence-corrected chi connectivity index (χ0v) is 9.76. The average molecular weight is 242 g/mol. The SMILES string of the molecule is Cc1csc(C(=O)c2nncn2C)c1Cl. The summed E-state index contributed by atoms with van der Waals surface area (Å²) >= 11 is 7.33. The molecule has 0 spiro atoms. The van der Waals surface area contributed by atoms with Crippen molar-refractivity contribution in [2.45, 2.75) is 6.92 Å². The third-order valence-electron chi connectivity index (χ3n) is 2.02. The first-order valence-corrected chi connectivity index (χ1v) is 5.49. The lowest BCUT2D eigenvalue weighted by molar-refractivity contribution is 0.103. The number of nitrogens with zero attached hydrogens (tertiary/aromatic N) is 3. The number of hydrogen-bond acceptors (Lipinski definition) is 4. The molecule has 0 aromatic carbocycles. The molecule has 0 saturated heterocycles. The second-order valence-electron chi connectivity index (χ2n) is 3.16. The maximum atomic E-state index is 12.0. The number of ketones is 1. The van der Waals surface area contributed by atoms with Gasteiger partial charge in [-0.3, -0.25) is 4.79 Å². The summed E-state index contributed by atoms with van der Waals surface area (Å²) in [5.74, 6) is 0.122. The Morgan fingerprint density at radius 1 is 1.60 bits per heavy atom. The van der Waals surface area contributed by atoms with Crippen LogP contribution < -0.4 is 0 Å². The Bertz CT molecular complexity index is 517. The molecule has 0 saturated carbocycles. The lowest BCUT2D eigenvalue weighted by Gasteiger charge is -1.97. The summed E-state index contributed by atoms with van der Waals surface area (Å²) in [6.45, 7) is 1.87. The maximum Gasteiger partial charge on any atom is 0.241 e. The van der Waals surface area contributed by atoms with Crippen LogP contribution in [-0.2, 0) is 7.05 Å². The molecule has 0 bridgehead atoms. The summed E-state index contributed by atoms with van der Waals surface area (Å²) in [5.41, 5.74) is 0.909. The third kappa shape index (κ3) is 1.68. The number of halogens is 1. The van der Waals surface area contributed by atoms with Gasteiger partial charge in [0.25, 0.3) is 0 Å². The van der Waals surface area contributed by atoms with Crippen LogP contribution in [-0.4, -0.2) is 20.5 Å². The molecule has 78 valence electrons. The summed E-state index contributed by atoms with van der Waals surface area (Å²) in [7, 11) is 1.72. The normalized spacial score (nSPS) is 10.6. The average Bonchev–Trinajstić information content (AvgIpc) is 2.75. The minimum absolute atomic E-state index is 0.182. The summed E-state index contributed by atoms with van der Waals surface area (Å²) in [5, 5.41) is 9.77. The van der Waals surface area contributed by atoms with Crippen LogP contribution in [0.5, 0.6) is 0 Å². The Hall–Kier alpha value is -1.20. The summed E-state index contributed by atoms with van der Waals surface area (Å²) in [4.78, 5) is 12.5. The van der Waals surface area contributed by atoms with Gasteiger partial charge >= 0.3 is 0 Å². The van der Waals surface area contributed by atoms with Crippen LogP contribution in [0.2, 0.25) is 5.02 Å². The quantitative estimate of drug-likeness (QED) is 0.757. The molecule has 0 fully saturated rings. The molecule has 0 amide bonds. The van der Waals surface area contributed by atoms with E-state index in [-0.39, 0.29) is 5.78 Å². The fraction of sp³-hybridized carbons (Fsp3) is 0.222. The van der Waals surface area contributed by atoms with Gasteiger partial charge in [-0.1, -0.05) is 11.6 Å². The molecule has 0 N–H and O–H groups in total. The third-order valence-corrected chi connectivity index (χ3v) is 3.72. The minimum Gasteiger partial charge on any atom is -0.314 e. The number of aryl methyl sites for hydroxylation is 2. The van der Waals surface area contributed by atoms with Gasteiger partial charge in [-0.05, 0) is 17.9 Å². The second kappa shape index (κ2) is 3.75. The molecule has 0 radical (unpaired) electrons. The maximum absolute atomic E-state index is 12.0. The minimum atomic E-state index is -0.182. The van der Waals surface area contributed by atoms with E-state index in [2.05, 4.69) is 10.2 Å². The molecule has 2 rings (SSSR count). The Morgan fingerprint density at radius 2 is 2.33 bits per heavy atom. The molecule has 0 unspecified atom stereocenters. The molecule has 0 aliphatic rings. The summed E-state index contributed by atoms with van der Waals surface area (Å²) in [6.07, 6.45) is 1.49. The van der Waals surface area contributed by atoms with E-state index in [1.807, 2.05) is 12.3 Å². The lowest BCUT2D eigenvalue weighted by Crippen LogP contribution is -2.07. The second-order valence-corrected chi connectivity index (χ2v) is 4.41. The topological polar surface area (TPSA) is 47.8 Å². The highest BCUT2D eigenvalue weighted by atomic mass is 35.5. The molecule has 6 heteroatoms. The van der Waals surface area contributed by atoms with Crippen molar-refractivity contribution in [2.24, 2.45) is 7.05 Å². The molecular weight excluding hydrogens is 234 g/mol. The van der Waals surface area contributed by atoms with Crippen molar-refractivity contribution in [3.8, 4) is 0 Å². The van der Waals surface area contributed by atoms with E-state index in [1.54, 1.807) is 11.6 Å². The highest BCUT2D eigenvalue weighted by Crippen LogP contribution is 2.28. The van der Waals surface area contributed by atoms with Gasteiger partial charge in [0.15, 0.2) is 0 Å². The van der Waals surface area contributed by atoms with Crippen LogP contribution >= 0.6 is 22.9 Å². The van der Waals surface area contributed by atoms with Gasteiger partial charge in [0.2, 0.25) is 11.6 Å². The molecule has 0 aliphatic carbocycles. The molecule has 2 aromatic rings. The van der Waals surface area contributed by atoms with Crippen molar-refractivity contribution in [2.75, 3.05) is 0 Å². The van der Waals surface area contributed by atoms with Crippen molar-refractivity contribution in [3.63, 3.8) is 0 Å². The number of thiophene rings is 1. The number of rotatable bonds is 2. The Kier molecular flexibility index (Phi) is 2.58. The highest BCUT2D eigenvalue weighted by Gasteiger charge is 2.20. The number of carbonyl (C=O) groups is 1. The van der Waals surface area contributed by atoms with E-state index >= 15 is 0 Å². The van der Waals surface area contributed by atoms with Gasteiger partial charge < -0.3 is 4.57 Å². The van der Waals surface area contributed by atoms with Crippen LogP contribution in [0, 0.1) is 6.92 Å². The standard InChI is InChI=1S/C9H8ClN3OS/c1-5-3-15-8(6(5)10)7(14)9-12-11-4-13(9)2/h3-4H,1-2H3. The molecule has 2 heterocycles. The van der Waals surface area contributed by atoms with Gasteiger partial charge in [-0.15, -0.1) is 21.5 Å². The van der Waals surface area contributed by atoms with Crippen molar-refractivity contribution in [3.05, 3.63) is 33.0 Å². The monoisotopic (exact) mass is 241 g/mol. The van der Waals surface area contributed by atoms with Gasteiger partial charge in [-0.25, -0.2) is 0 Å². The molecule has 0 atom stereocenters. The molecule has 4 nitrogen and oxygen atoms in total. The number of hydrogen-bond donors (Lipinski definition) is 0. The first-order valence-electron chi connectivity index (χ1n) is 4.23. The fourth-order valence-corrected chi connectivity index (χ4v) is 2.39. The van der Waals surface area contributed by atoms with Crippen molar-refractivity contribution < 1.29 is 4.79 Å². The zero-order chi connectivity index (χ0) is 11.0. The van der Waals surface area contributed by atoms with Crippen LogP contribution in [0.3, 0.4) is 0 Å². The van der Waals surface area contributed by atoms with E-state index in [0.29, 0.717) is 15.7 Å². The van der Waals surface area contributed by atoms with Gasteiger partial charge in [0.05, 0.1) is 9.90 Å². The number of carbonyl (C=O) groups excluding carboxylic acids is 1. The predicted molar refractivity (Wildman–Crippen MR) is 58.5 cm³/mol. The van der Waals surface area contributed by atoms with Crippen molar-refractivity contribution in [1.82, 2.24) is 14.8 Å². The van der Waals surface area contributed by atoms with Crippen molar-refractivity contribution >= 4 is 28.7 Å². The molecular formula is C9H8ClN3OS. The van der Waals surface area contributed by atoms with E-state index in [9.17, 15) is 4.79 Å². The smallest absolute Gasteiger partial charge is 0.241 e. The van der Waals surface area contributed by atoms with E-state index in [0.717, 1.165) is 5.56 Å². The van der Waals surface area contributed by atoms with Gasteiger partial charge in [-0.2, -0.15) is 0 Å². The van der Waals surface area contributed by atoms with E-state index in [4.69, 9.17) is 11.6 Å². The van der Waals surface area contributed by atoms with Gasteiger partial charge in [0.1, 0.15) is 6.33 Å². The van der Waals surface area contributed by atoms with Crippen LogP contribution in [0.1, 0.15) is 21.1 Å². The van der Waals surface area contributed by atoms with E-state index in [1.165, 1.54) is 17.7 Å². The Morgan fingerprint density at radius 3 is 2.80 bits per heavy atom. The largest absolute Gasteiger partial charge is 0.314 e. The first kappa shape index (κ1) is 10.3. The summed E-state index contributed by atoms with van der Waals surface area (Å²) < 4.78 is 1.58. The lowest BCUT2D eigenvalue weighted by atomic mass is 10.2.